The third-order valence-corrected chi connectivity index (χ3v) is 6.50. The van der Waals surface area contributed by atoms with Crippen LogP contribution in [0.5, 0.6) is 17.5 Å². The first-order valence-corrected chi connectivity index (χ1v) is 12.1. The van der Waals surface area contributed by atoms with Gasteiger partial charge in [0.2, 0.25) is 5.78 Å². The maximum absolute atomic E-state index is 12.3. The number of carboxylic acids is 1. The van der Waals surface area contributed by atoms with Crippen LogP contribution in [-0.2, 0) is 19.1 Å². The summed E-state index contributed by atoms with van der Waals surface area (Å²) in [7, 11) is 3.07. The van der Waals surface area contributed by atoms with Crippen molar-refractivity contribution in [1.29, 1.82) is 0 Å². The van der Waals surface area contributed by atoms with Crippen LogP contribution in [0.25, 0.3) is 0 Å². The van der Waals surface area contributed by atoms with Crippen LogP contribution in [0.3, 0.4) is 0 Å². The number of fused-ring (bicyclic) bond motifs is 3. The molecule has 196 valence electrons. The molecule has 1 saturated carbocycles. The molecule has 1 aliphatic heterocycles. The smallest absolute Gasteiger partial charge is 0.374 e. The number of aromatic nitrogens is 2. The highest BCUT2D eigenvalue weighted by Crippen LogP contribution is 2.45. The van der Waals surface area contributed by atoms with E-state index in [0.717, 1.165) is 22.4 Å². The summed E-state index contributed by atoms with van der Waals surface area (Å²) in [6, 6.07) is 3.98. The Morgan fingerprint density at radius 2 is 1.78 bits per heavy atom. The van der Waals surface area contributed by atoms with Gasteiger partial charge in [0.05, 0.1) is 39.0 Å². The van der Waals surface area contributed by atoms with Crippen molar-refractivity contribution in [3.8, 4) is 17.5 Å². The summed E-state index contributed by atoms with van der Waals surface area (Å²) in [5.74, 6) is -1.91. The molecule has 2 heterocycles. The van der Waals surface area contributed by atoms with Crippen molar-refractivity contribution in [3.05, 3.63) is 41.2 Å². The summed E-state index contributed by atoms with van der Waals surface area (Å²) in [6.07, 6.45) is 3.65. The maximum Gasteiger partial charge on any atom is 0.374 e. The summed E-state index contributed by atoms with van der Waals surface area (Å²) in [4.78, 5) is 48.5. The molecule has 1 N–H and O–H groups in total. The topological polar surface area (TPSA) is 146 Å². The molecule has 1 aromatic heterocycles. The number of carbonyl (C=O) groups excluding carboxylic acids is 2. The minimum atomic E-state index is -1.14. The van der Waals surface area contributed by atoms with Gasteiger partial charge in [0.1, 0.15) is 6.10 Å². The Labute approximate surface area is 213 Å². The Balaban J connectivity index is 1.65. The number of hydrogen-bond acceptors (Lipinski definition) is 10. The Kier molecular flexibility index (Phi) is 8.00. The SMILES string of the molecule is CCOc1cc2c(cc1OC)C(c1cnc(OC)nc1)=N[C@@H]1CC[C@@H](OC(=O)C(=O)CCC(=O)O)C[C@H]21. The third kappa shape index (κ3) is 5.71. The normalized spacial score (nSPS) is 20.1. The average molecular weight is 512 g/mol. The molecule has 11 nitrogen and oxygen atoms in total. The van der Waals surface area contributed by atoms with E-state index in [2.05, 4.69) is 9.97 Å². The van der Waals surface area contributed by atoms with Gasteiger partial charge in [-0.1, -0.05) is 0 Å². The van der Waals surface area contributed by atoms with Crippen molar-refractivity contribution in [2.75, 3.05) is 20.8 Å². The van der Waals surface area contributed by atoms with Gasteiger partial charge in [-0.05, 0) is 43.9 Å². The number of benzene rings is 1. The Hall–Kier alpha value is -4.02. The first-order valence-electron chi connectivity index (χ1n) is 12.1. The number of methoxy groups -OCH3 is 2. The molecular formula is C26H29N3O8. The van der Waals surface area contributed by atoms with Crippen LogP contribution in [0.1, 0.15) is 61.6 Å². The molecule has 1 aromatic carbocycles. The highest BCUT2D eigenvalue weighted by atomic mass is 16.5. The predicted molar refractivity (Wildman–Crippen MR) is 131 cm³/mol. The largest absolute Gasteiger partial charge is 0.493 e. The van der Waals surface area contributed by atoms with Crippen LogP contribution in [0.4, 0.5) is 0 Å². The zero-order valence-electron chi connectivity index (χ0n) is 20.9. The molecule has 2 aliphatic rings. The molecule has 0 bridgehead atoms. The van der Waals surface area contributed by atoms with Crippen LogP contribution < -0.4 is 14.2 Å². The molecule has 4 rings (SSSR count). The summed E-state index contributed by atoms with van der Waals surface area (Å²) in [6.45, 7) is 2.34. The molecule has 0 spiro atoms. The second-order valence-corrected chi connectivity index (χ2v) is 8.79. The van der Waals surface area contributed by atoms with Gasteiger partial charge in [0.25, 0.3) is 0 Å². The molecule has 1 aliphatic carbocycles. The molecule has 2 aromatic rings. The van der Waals surface area contributed by atoms with Crippen molar-refractivity contribution >= 4 is 23.4 Å². The molecule has 1 fully saturated rings. The van der Waals surface area contributed by atoms with Crippen molar-refractivity contribution < 1.29 is 38.4 Å². The zero-order valence-corrected chi connectivity index (χ0v) is 20.9. The monoisotopic (exact) mass is 511 g/mol. The molecule has 0 amide bonds. The van der Waals surface area contributed by atoms with Crippen molar-refractivity contribution in [3.63, 3.8) is 0 Å². The number of ketones is 1. The van der Waals surface area contributed by atoms with E-state index in [9.17, 15) is 14.4 Å². The molecule has 11 heteroatoms. The van der Waals surface area contributed by atoms with E-state index in [1.165, 1.54) is 7.11 Å². The lowest BCUT2D eigenvalue weighted by atomic mass is 9.74. The first kappa shape index (κ1) is 26.1. The Morgan fingerprint density at radius 1 is 1.03 bits per heavy atom. The van der Waals surface area contributed by atoms with Gasteiger partial charge in [-0.15, -0.1) is 0 Å². The first-order chi connectivity index (χ1) is 17.8. The van der Waals surface area contributed by atoms with E-state index in [1.807, 2.05) is 19.1 Å². The standard InChI is InChI=1S/C26H29N3O8/c1-4-36-22-10-16-17-9-15(37-25(33)20(30)7-8-23(31)32)5-6-19(17)29-24(18(16)11-21(22)34-2)14-12-27-26(35-3)28-13-14/h10-13,15,17,19H,4-9H2,1-3H3,(H,31,32)/t15-,17-,19-/m1/s1. The lowest BCUT2D eigenvalue weighted by molar-refractivity contribution is -0.159. The van der Waals surface area contributed by atoms with Crippen LogP contribution in [0.2, 0.25) is 0 Å². The maximum atomic E-state index is 12.3. The van der Waals surface area contributed by atoms with E-state index < -0.39 is 30.2 Å². The number of Topliss-reactive ketones (excluding diaryl/α,β-unsaturated/α-hetero) is 1. The minimum absolute atomic E-state index is 0.0925. The van der Waals surface area contributed by atoms with Crippen LogP contribution >= 0.6 is 0 Å². The lowest BCUT2D eigenvalue weighted by Gasteiger charge is -2.38. The van der Waals surface area contributed by atoms with Gasteiger partial charge in [-0.2, -0.15) is 0 Å². The van der Waals surface area contributed by atoms with Crippen LogP contribution in [-0.4, -0.2) is 71.5 Å². The number of carbonyl (C=O) groups is 3. The van der Waals surface area contributed by atoms with E-state index in [4.69, 9.17) is 29.0 Å². The van der Waals surface area contributed by atoms with Gasteiger partial charge in [-0.25, -0.2) is 14.8 Å². The lowest BCUT2D eigenvalue weighted by Crippen LogP contribution is -2.37. The second-order valence-electron chi connectivity index (χ2n) is 8.79. The summed E-state index contributed by atoms with van der Waals surface area (Å²) < 4.78 is 22.0. The van der Waals surface area contributed by atoms with Crippen molar-refractivity contribution in [2.45, 2.75) is 57.1 Å². The molecule has 0 saturated heterocycles. The van der Waals surface area contributed by atoms with E-state index in [0.29, 0.717) is 37.4 Å². The van der Waals surface area contributed by atoms with Crippen molar-refractivity contribution in [2.24, 2.45) is 4.99 Å². The van der Waals surface area contributed by atoms with Crippen LogP contribution in [0, 0.1) is 0 Å². The van der Waals surface area contributed by atoms with Gasteiger partial charge >= 0.3 is 17.9 Å². The fraction of sp³-hybridized carbons (Fsp3) is 0.462. The van der Waals surface area contributed by atoms with E-state index >= 15 is 0 Å². The minimum Gasteiger partial charge on any atom is -0.493 e. The number of rotatable bonds is 10. The summed E-state index contributed by atoms with van der Waals surface area (Å²) in [5.41, 5.74) is 3.25. The Morgan fingerprint density at radius 3 is 2.43 bits per heavy atom. The number of aliphatic carboxylic acids is 1. The molecule has 0 unspecified atom stereocenters. The Bertz CT molecular complexity index is 1210. The number of carboxylic acid groups (broad SMARTS) is 1. The highest BCUT2D eigenvalue weighted by molar-refractivity contribution is 6.33. The van der Waals surface area contributed by atoms with Gasteiger partial charge in [0, 0.05) is 35.9 Å². The molecule has 3 atom stereocenters. The fourth-order valence-corrected chi connectivity index (χ4v) is 4.78. The van der Waals surface area contributed by atoms with Crippen molar-refractivity contribution in [1.82, 2.24) is 9.97 Å². The summed E-state index contributed by atoms with van der Waals surface area (Å²) in [5, 5.41) is 8.77. The van der Waals surface area contributed by atoms with E-state index in [1.54, 1.807) is 19.5 Å². The van der Waals surface area contributed by atoms with Gasteiger partial charge < -0.3 is 24.1 Å². The molecule has 37 heavy (non-hydrogen) atoms. The predicted octanol–water partition coefficient (Wildman–Crippen LogP) is 2.73. The average Bonchev–Trinajstić information content (AvgIpc) is 2.91. The number of nitrogens with zero attached hydrogens (tertiary/aromatic N) is 3. The van der Waals surface area contributed by atoms with Gasteiger partial charge in [-0.3, -0.25) is 14.6 Å². The molecule has 0 radical (unpaired) electrons. The molecular weight excluding hydrogens is 482 g/mol. The number of esters is 1. The number of hydrogen-bond donors (Lipinski definition) is 1. The number of ether oxygens (including phenoxy) is 4. The number of aliphatic imine (C=N–C) groups is 1. The fourth-order valence-electron chi connectivity index (χ4n) is 4.78. The summed E-state index contributed by atoms with van der Waals surface area (Å²) >= 11 is 0. The third-order valence-electron chi connectivity index (χ3n) is 6.50. The second kappa shape index (κ2) is 11.4. The quantitative estimate of drug-likeness (QED) is 0.373. The van der Waals surface area contributed by atoms with Gasteiger partial charge in [0.15, 0.2) is 11.5 Å². The zero-order chi connectivity index (χ0) is 26.5. The highest BCUT2D eigenvalue weighted by Gasteiger charge is 2.39. The van der Waals surface area contributed by atoms with Crippen LogP contribution in [0.15, 0.2) is 29.5 Å². The van der Waals surface area contributed by atoms with E-state index in [-0.39, 0.29) is 24.4 Å².